The second-order valence-corrected chi connectivity index (χ2v) is 8.12. The fourth-order valence-electron chi connectivity index (χ4n) is 3.80. The summed E-state index contributed by atoms with van der Waals surface area (Å²) in [5.74, 6) is 0.573. The van der Waals surface area contributed by atoms with Gasteiger partial charge in [0.05, 0.1) is 30.1 Å². The third-order valence-corrected chi connectivity index (χ3v) is 5.86. The molecule has 4 aromatic rings. The first kappa shape index (κ1) is 21.8. The van der Waals surface area contributed by atoms with Gasteiger partial charge in [-0.2, -0.15) is 5.10 Å². The Morgan fingerprint density at radius 2 is 2.00 bits per heavy atom. The van der Waals surface area contributed by atoms with Crippen molar-refractivity contribution in [3.8, 4) is 17.0 Å². The lowest BCUT2D eigenvalue weighted by molar-refractivity contribution is 0.0787. The van der Waals surface area contributed by atoms with Crippen LogP contribution in [0.2, 0.25) is 5.02 Å². The number of amides is 1. The number of benzene rings is 2. The van der Waals surface area contributed by atoms with Crippen LogP contribution in [-0.2, 0) is 13.1 Å². The molecule has 0 bridgehead atoms. The molecule has 0 atom stereocenters. The van der Waals surface area contributed by atoms with E-state index in [4.69, 9.17) is 21.3 Å². The van der Waals surface area contributed by atoms with Crippen molar-refractivity contribution in [2.24, 2.45) is 0 Å². The number of carbonyl (C=O) groups excluding carboxylic acids is 1. The minimum Gasteiger partial charge on any atom is -0.497 e. The van der Waals surface area contributed by atoms with E-state index in [1.165, 1.54) is 0 Å². The van der Waals surface area contributed by atoms with Crippen LogP contribution >= 0.6 is 11.6 Å². The summed E-state index contributed by atoms with van der Waals surface area (Å²) in [6.45, 7) is 5.33. The summed E-state index contributed by atoms with van der Waals surface area (Å²) in [5.41, 5.74) is 4.91. The molecular formula is C25H25ClN4O2. The van der Waals surface area contributed by atoms with Gasteiger partial charge in [0.25, 0.3) is 5.91 Å². The Morgan fingerprint density at radius 1 is 1.19 bits per heavy atom. The van der Waals surface area contributed by atoms with E-state index < -0.39 is 0 Å². The minimum absolute atomic E-state index is 0.0995. The molecule has 0 saturated heterocycles. The van der Waals surface area contributed by atoms with Crippen LogP contribution in [0.3, 0.4) is 0 Å². The van der Waals surface area contributed by atoms with Gasteiger partial charge in [-0.15, -0.1) is 0 Å². The van der Waals surface area contributed by atoms with Crippen molar-refractivity contribution in [3.63, 3.8) is 0 Å². The van der Waals surface area contributed by atoms with Crippen molar-refractivity contribution in [2.75, 3.05) is 14.2 Å². The highest BCUT2D eigenvalue weighted by Crippen LogP contribution is 2.30. The number of hydrogen-bond donors (Lipinski definition) is 0. The fourth-order valence-corrected chi connectivity index (χ4v) is 3.99. The number of hydrogen-bond acceptors (Lipinski definition) is 4. The quantitative estimate of drug-likeness (QED) is 0.398. The standard InChI is InChI=1S/C25H25ClN4O2/c1-5-30-16(2)18(14-27-30)15-29(3)25(31)22-13-24(17-7-6-8-19(26)11-17)28-23-10-9-20(32-4)12-21(22)23/h6-14H,5,15H2,1-4H3. The van der Waals surface area contributed by atoms with Gasteiger partial charge < -0.3 is 9.64 Å². The largest absolute Gasteiger partial charge is 0.497 e. The molecule has 2 aromatic heterocycles. The normalized spacial score (nSPS) is 11.0. The van der Waals surface area contributed by atoms with Crippen molar-refractivity contribution in [1.29, 1.82) is 0 Å². The molecule has 0 unspecified atom stereocenters. The van der Waals surface area contributed by atoms with Crippen LogP contribution < -0.4 is 4.74 Å². The van der Waals surface area contributed by atoms with Gasteiger partial charge in [0, 0.05) is 47.4 Å². The topological polar surface area (TPSA) is 60.2 Å². The van der Waals surface area contributed by atoms with Gasteiger partial charge >= 0.3 is 0 Å². The molecular weight excluding hydrogens is 424 g/mol. The maximum absolute atomic E-state index is 13.6. The van der Waals surface area contributed by atoms with E-state index in [1.54, 1.807) is 19.1 Å². The van der Waals surface area contributed by atoms with Crippen LogP contribution in [0.15, 0.2) is 54.7 Å². The Kier molecular flexibility index (Phi) is 6.15. The summed E-state index contributed by atoms with van der Waals surface area (Å²) < 4.78 is 7.32. The number of ether oxygens (including phenoxy) is 1. The maximum Gasteiger partial charge on any atom is 0.254 e. The van der Waals surface area contributed by atoms with Gasteiger partial charge in [-0.3, -0.25) is 9.48 Å². The Bertz CT molecular complexity index is 1300. The van der Waals surface area contributed by atoms with E-state index in [-0.39, 0.29) is 5.91 Å². The highest BCUT2D eigenvalue weighted by molar-refractivity contribution is 6.30. The van der Waals surface area contributed by atoms with Crippen molar-refractivity contribution in [2.45, 2.75) is 26.9 Å². The molecule has 0 spiro atoms. The molecule has 0 aliphatic heterocycles. The van der Waals surface area contributed by atoms with E-state index in [0.29, 0.717) is 28.6 Å². The number of methoxy groups -OCH3 is 1. The first-order chi connectivity index (χ1) is 15.4. The number of pyridine rings is 1. The van der Waals surface area contributed by atoms with Gasteiger partial charge in [0.15, 0.2) is 0 Å². The number of fused-ring (bicyclic) bond motifs is 1. The lowest BCUT2D eigenvalue weighted by Crippen LogP contribution is -2.26. The fraction of sp³-hybridized carbons (Fsp3) is 0.240. The molecule has 164 valence electrons. The molecule has 0 saturated carbocycles. The highest BCUT2D eigenvalue weighted by Gasteiger charge is 2.20. The van der Waals surface area contributed by atoms with E-state index in [9.17, 15) is 4.79 Å². The predicted molar refractivity (Wildman–Crippen MR) is 127 cm³/mol. The zero-order valence-corrected chi connectivity index (χ0v) is 19.3. The van der Waals surface area contributed by atoms with Crippen LogP contribution in [0.5, 0.6) is 5.75 Å². The third-order valence-electron chi connectivity index (χ3n) is 5.63. The summed E-state index contributed by atoms with van der Waals surface area (Å²) >= 11 is 6.20. The highest BCUT2D eigenvalue weighted by atomic mass is 35.5. The molecule has 0 aliphatic rings. The van der Waals surface area contributed by atoms with Gasteiger partial charge in [0.1, 0.15) is 5.75 Å². The molecule has 6 nitrogen and oxygen atoms in total. The Labute approximate surface area is 192 Å². The molecule has 4 rings (SSSR count). The Morgan fingerprint density at radius 3 is 2.69 bits per heavy atom. The SMILES string of the molecule is CCn1ncc(CN(C)C(=O)c2cc(-c3cccc(Cl)c3)nc3ccc(OC)cc23)c1C. The number of halogens is 1. The summed E-state index contributed by atoms with van der Waals surface area (Å²) in [7, 11) is 3.41. The van der Waals surface area contributed by atoms with E-state index in [1.807, 2.05) is 73.3 Å². The monoisotopic (exact) mass is 448 g/mol. The average Bonchev–Trinajstić information content (AvgIpc) is 3.16. The number of aryl methyl sites for hydroxylation is 1. The molecule has 0 fully saturated rings. The van der Waals surface area contributed by atoms with E-state index in [2.05, 4.69) is 5.10 Å². The Hall–Kier alpha value is -3.38. The molecule has 2 heterocycles. The molecule has 0 aliphatic carbocycles. The Balaban J connectivity index is 1.79. The van der Waals surface area contributed by atoms with Crippen molar-refractivity contribution in [3.05, 3.63) is 76.6 Å². The summed E-state index contributed by atoms with van der Waals surface area (Å²) in [5, 5.41) is 5.76. The smallest absolute Gasteiger partial charge is 0.254 e. The number of aromatic nitrogens is 3. The van der Waals surface area contributed by atoms with Gasteiger partial charge in [-0.25, -0.2) is 4.98 Å². The van der Waals surface area contributed by atoms with Gasteiger partial charge in [-0.05, 0) is 50.2 Å². The second kappa shape index (κ2) is 9.01. The molecule has 1 amide bonds. The van der Waals surface area contributed by atoms with Crippen LogP contribution in [0.1, 0.15) is 28.5 Å². The lowest BCUT2D eigenvalue weighted by Gasteiger charge is -2.19. The maximum atomic E-state index is 13.6. The first-order valence-electron chi connectivity index (χ1n) is 10.4. The zero-order chi connectivity index (χ0) is 22.8. The molecule has 32 heavy (non-hydrogen) atoms. The van der Waals surface area contributed by atoms with Crippen LogP contribution in [0.25, 0.3) is 22.2 Å². The van der Waals surface area contributed by atoms with E-state index >= 15 is 0 Å². The summed E-state index contributed by atoms with van der Waals surface area (Å²) in [4.78, 5) is 20.1. The van der Waals surface area contributed by atoms with Crippen LogP contribution in [-0.4, -0.2) is 39.7 Å². The molecule has 7 heteroatoms. The molecule has 2 aromatic carbocycles. The summed E-state index contributed by atoms with van der Waals surface area (Å²) in [6, 6.07) is 14.9. The van der Waals surface area contributed by atoms with Crippen molar-refractivity contribution in [1.82, 2.24) is 19.7 Å². The number of carbonyl (C=O) groups is 1. The number of rotatable bonds is 6. The molecule has 0 N–H and O–H groups in total. The third kappa shape index (κ3) is 4.18. The van der Waals surface area contributed by atoms with Gasteiger partial charge in [-0.1, -0.05) is 23.7 Å². The molecule has 0 radical (unpaired) electrons. The predicted octanol–water partition coefficient (Wildman–Crippen LogP) is 5.36. The van der Waals surface area contributed by atoms with Crippen LogP contribution in [0, 0.1) is 6.92 Å². The van der Waals surface area contributed by atoms with E-state index in [0.717, 1.165) is 34.3 Å². The number of nitrogens with zero attached hydrogens (tertiary/aromatic N) is 4. The van der Waals surface area contributed by atoms with Crippen molar-refractivity contribution < 1.29 is 9.53 Å². The summed E-state index contributed by atoms with van der Waals surface area (Å²) in [6.07, 6.45) is 1.83. The van der Waals surface area contributed by atoms with Crippen molar-refractivity contribution >= 4 is 28.4 Å². The lowest BCUT2D eigenvalue weighted by atomic mass is 10.0. The minimum atomic E-state index is -0.0995. The first-order valence-corrected chi connectivity index (χ1v) is 10.8. The average molecular weight is 449 g/mol. The van der Waals surface area contributed by atoms with Crippen LogP contribution in [0.4, 0.5) is 0 Å². The van der Waals surface area contributed by atoms with Gasteiger partial charge in [0.2, 0.25) is 0 Å². The second-order valence-electron chi connectivity index (χ2n) is 7.68. The zero-order valence-electron chi connectivity index (χ0n) is 18.6.